The Balaban J connectivity index is 1.72. The Morgan fingerprint density at radius 2 is 2.14 bits per heavy atom. The molecule has 0 unspecified atom stereocenters. The molecule has 22 heavy (non-hydrogen) atoms. The molecular formula is C15H12N2O3S2. The number of benzene rings is 1. The van der Waals surface area contributed by atoms with Crippen molar-refractivity contribution in [3.8, 4) is 0 Å². The van der Waals surface area contributed by atoms with E-state index in [2.05, 4.69) is 15.0 Å². The lowest BCUT2D eigenvalue weighted by molar-refractivity contribution is -0.139. The van der Waals surface area contributed by atoms with Crippen LogP contribution in [0.2, 0.25) is 0 Å². The number of thiophene rings is 1. The van der Waals surface area contributed by atoms with Gasteiger partial charge in [-0.1, -0.05) is 18.2 Å². The molecule has 1 amide bonds. The number of amides is 1. The molecule has 0 saturated carbocycles. The first-order chi connectivity index (χ1) is 10.7. The molecule has 0 aliphatic rings. The minimum atomic E-state index is -0.354. The van der Waals surface area contributed by atoms with Crippen LogP contribution in [-0.2, 0) is 16.0 Å². The molecule has 1 aromatic carbocycles. The summed E-state index contributed by atoms with van der Waals surface area (Å²) < 4.78 is 5.66. The van der Waals surface area contributed by atoms with Crippen molar-refractivity contribution < 1.29 is 14.3 Å². The summed E-state index contributed by atoms with van der Waals surface area (Å²) in [6, 6.07) is 9.70. The summed E-state index contributed by atoms with van der Waals surface area (Å²) in [7, 11) is 1.33. The van der Waals surface area contributed by atoms with Gasteiger partial charge in [0.05, 0.1) is 24.1 Å². The number of anilines is 1. The predicted octanol–water partition coefficient (Wildman–Crippen LogP) is 3.33. The van der Waals surface area contributed by atoms with Crippen LogP contribution >= 0.6 is 22.7 Å². The number of methoxy groups -OCH3 is 1. The molecule has 0 saturated heterocycles. The molecule has 2 aromatic heterocycles. The average Bonchev–Trinajstić information content (AvgIpc) is 3.13. The smallest absolute Gasteiger partial charge is 0.311 e. The Morgan fingerprint density at radius 3 is 2.91 bits per heavy atom. The average molecular weight is 332 g/mol. The normalized spacial score (nSPS) is 10.6. The lowest BCUT2D eigenvalue weighted by Crippen LogP contribution is -2.10. The number of fused-ring (bicyclic) bond motifs is 1. The van der Waals surface area contributed by atoms with Crippen molar-refractivity contribution in [2.24, 2.45) is 0 Å². The number of nitrogens with zero attached hydrogens (tertiary/aromatic N) is 1. The van der Waals surface area contributed by atoms with Gasteiger partial charge in [-0.2, -0.15) is 0 Å². The number of carbonyl (C=O) groups is 2. The first-order valence-corrected chi connectivity index (χ1v) is 8.16. The predicted molar refractivity (Wildman–Crippen MR) is 87.6 cm³/mol. The minimum absolute atomic E-state index is 0.103. The summed E-state index contributed by atoms with van der Waals surface area (Å²) >= 11 is 2.72. The topological polar surface area (TPSA) is 68.3 Å². The van der Waals surface area contributed by atoms with Gasteiger partial charge in [0.25, 0.3) is 5.91 Å². The van der Waals surface area contributed by atoms with Crippen LogP contribution < -0.4 is 5.32 Å². The maximum Gasteiger partial charge on any atom is 0.311 e. The van der Waals surface area contributed by atoms with E-state index in [9.17, 15) is 9.59 Å². The number of carbonyl (C=O) groups excluding carboxylic acids is 2. The Hall–Kier alpha value is -2.25. The zero-order valence-electron chi connectivity index (χ0n) is 11.7. The quantitative estimate of drug-likeness (QED) is 0.744. The summed E-state index contributed by atoms with van der Waals surface area (Å²) in [5, 5.41) is 6.01. The molecule has 0 aliphatic heterocycles. The molecule has 0 aliphatic carbocycles. The SMILES string of the molecule is COC(=O)Cc1csc(NC(=O)c2cc3ccccc3s2)n1. The molecule has 0 fully saturated rings. The van der Waals surface area contributed by atoms with Crippen molar-refractivity contribution in [1.82, 2.24) is 4.98 Å². The lowest BCUT2D eigenvalue weighted by Gasteiger charge is -1.98. The van der Waals surface area contributed by atoms with Crippen molar-refractivity contribution in [1.29, 1.82) is 0 Å². The van der Waals surface area contributed by atoms with E-state index in [4.69, 9.17) is 0 Å². The number of esters is 1. The third-order valence-electron chi connectivity index (χ3n) is 2.97. The van der Waals surface area contributed by atoms with Gasteiger partial charge in [0.15, 0.2) is 5.13 Å². The van der Waals surface area contributed by atoms with Gasteiger partial charge in [-0.05, 0) is 17.5 Å². The van der Waals surface area contributed by atoms with Crippen molar-refractivity contribution in [2.45, 2.75) is 6.42 Å². The highest BCUT2D eigenvalue weighted by molar-refractivity contribution is 7.21. The highest BCUT2D eigenvalue weighted by Gasteiger charge is 2.13. The van der Waals surface area contributed by atoms with Gasteiger partial charge < -0.3 is 4.74 Å². The second kappa shape index (κ2) is 6.25. The summed E-state index contributed by atoms with van der Waals surface area (Å²) in [6.45, 7) is 0. The first-order valence-electron chi connectivity index (χ1n) is 6.47. The highest BCUT2D eigenvalue weighted by Crippen LogP contribution is 2.26. The Morgan fingerprint density at radius 1 is 1.32 bits per heavy atom. The van der Waals surface area contributed by atoms with Crippen molar-refractivity contribution in [3.05, 3.63) is 46.3 Å². The van der Waals surface area contributed by atoms with Gasteiger partial charge in [-0.15, -0.1) is 22.7 Å². The number of hydrogen-bond acceptors (Lipinski definition) is 6. The van der Waals surface area contributed by atoms with Crippen LogP contribution in [0.15, 0.2) is 35.7 Å². The van der Waals surface area contributed by atoms with Gasteiger partial charge in [0.2, 0.25) is 0 Å². The summed E-state index contributed by atoms with van der Waals surface area (Å²) in [4.78, 5) is 28.3. The van der Waals surface area contributed by atoms with E-state index >= 15 is 0 Å². The van der Waals surface area contributed by atoms with E-state index in [1.54, 1.807) is 5.38 Å². The lowest BCUT2D eigenvalue weighted by atomic mass is 10.2. The molecule has 112 valence electrons. The molecule has 2 heterocycles. The van der Waals surface area contributed by atoms with Crippen LogP contribution in [0.25, 0.3) is 10.1 Å². The molecule has 5 nitrogen and oxygen atoms in total. The number of ether oxygens (including phenoxy) is 1. The molecule has 7 heteroatoms. The fourth-order valence-corrected chi connectivity index (χ4v) is 3.58. The van der Waals surface area contributed by atoms with E-state index in [-0.39, 0.29) is 18.3 Å². The van der Waals surface area contributed by atoms with Crippen LogP contribution in [0.4, 0.5) is 5.13 Å². The molecule has 3 aromatic rings. The molecule has 0 spiro atoms. The van der Waals surface area contributed by atoms with Crippen LogP contribution in [0, 0.1) is 0 Å². The monoisotopic (exact) mass is 332 g/mol. The standard InChI is InChI=1S/C15H12N2O3S2/c1-20-13(18)7-10-8-21-15(16-10)17-14(19)12-6-9-4-2-3-5-11(9)22-12/h2-6,8H,7H2,1H3,(H,16,17,19). The second-order valence-electron chi connectivity index (χ2n) is 4.50. The largest absolute Gasteiger partial charge is 0.469 e. The third-order valence-corrected chi connectivity index (χ3v) is 4.90. The van der Waals surface area contributed by atoms with Gasteiger partial charge in [-0.25, -0.2) is 4.98 Å². The van der Waals surface area contributed by atoms with Gasteiger partial charge >= 0.3 is 5.97 Å². The van der Waals surface area contributed by atoms with Crippen molar-refractivity contribution in [2.75, 3.05) is 12.4 Å². The number of thiazole rings is 1. The third kappa shape index (κ3) is 3.15. The first kappa shape index (κ1) is 14.7. The maximum absolute atomic E-state index is 12.2. The summed E-state index contributed by atoms with van der Waals surface area (Å²) in [5.41, 5.74) is 0.587. The Bertz CT molecular complexity index is 805. The van der Waals surface area contributed by atoms with Gasteiger partial charge in [0.1, 0.15) is 0 Å². The summed E-state index contributed by atoms with van der Waals surface area (Å²) in [5.74, 6) is -0.548. The molecule has 0 radical (unpaired) electrons. The van der Waals surface area contributed by atoms with E-state index < -0.39 is 0 Å². The zero-order valence-corrected chi connectivity index (χ0v) is 13.3. The van der Waals surface area contributed by atoms with E-state index in [0.29, 0.717) is 15.7 Å². The molecule has 1 N–H and O–H groups in total. The highest BCUT2D eigenvalue weighted by atomic mass is 32.1. The number of nitrogens with one attached hydrogen (secondary N) is 1. The number of aromatic nitrogens is 1. The van der Waals surface area contributed by atoms with Crippen LogP contribution in [0.1, 0.15) is 15.4 Å². The van der Waals surface area contributed by atoms with Crippen LogP contribution in [0.3, 0.4) is 0 Å². The minimum Gasteiger partial charge on any atom is -0.469 e. The van der Waals surface area contributed by atoms with E-state index in [0.717, 1.165) is 10.1 Å². The fraction of sp³-hybridized carbons (Fsp3) is 0.133. The fourth-order valence-electron chi connectivity index (χ4n) is 1.92. The Kier molecular flexibility index (Phi) is 4.17. The van der Waals surface area contributed by atoms with Crippen LogP contribution in [0.5, 0.6) is 0 Å². The van der Waals surface area contributed by atoms with Gasteiger partial charge in [-0.3, -0.25) is 14.9 Å². The summed E-state index contributed by atoms with van der Waals surface area (Å²) in [6.07, 6.45) is 0.103. The number of hydrogen-bond donors (Lipinski definition) is 1. The van der Waals surface area contributed by atoms with Crippen molar-refractivity contribution in [3.63, 3.8) is 0 Å². The van der Waals surface area contributed by atoms with Crippen LogP contribution in [-0.4, -0.2) is 24.0 Å². The molecule has 0 bridgehead atoms. The zero-order chi connectivity index (χ0) is 15.5. The molecule has 0 atom stereocenters. The van der Waals surface area contributed by atoms with Crippen molar-refractivity contribution >= 4 is 49.8 Å². The molecule has 3 rings (SSSR count). The van der Waals surface area contributed by atoms with E-state index in [1.807, 2.05) is 30.3 Å². The second-order valence-corrected chi connectivity index (χ2v) is 6.44. The Labute approximate surface area is 134 Å². The molecular weight excluding hydrogens is 320 g/mol. The van der Waals surface area contributed by atoms with E-state index in [1.165, 1.54) is 29.8 Å². The van der Waals surface area contributed by atoms with Gasteiger partial charge in [0, 0.05) is 10.1 Å². The maximum atomic E-state index is 12.2. The number of rotatable bonds is 4.